The second-order valence-electron chi connectivity index (χ2n) is 4.12. The van der Waals surface area contributed by atoms with Gasteiger partial charge in [-0.25, -0.2) is 0 Å². The summed E-state index contributed by atoms with van der Waals surface area (Å²) in [4.78, 5) is 12.1. The van der Waals surface area contributed by atoms with Gasteiger partial charge >= 0.3 is 5.97 Å². The number of carboxylic acids is 1. The van der Waals surface area contributed by atoms with Gasteiger partial charge in [-0.3, -0.25) is 4.79 Å². The fourth-order valence-electron chi connectivity index (χ4n) is 2.19. The van der Waals surface area contributed by atoms with Crippen molar-refractivity contribution in [3.05, 3.63) is 21.3 Å². The van der Waals surface area contributed by atoms with Crippen molar-refractivity contribution in [2.75, 3.05) is 0 Å². The van der Waals surface area contributed by atoms with Gasteiger partial charge in [-0.15, -0.1) is 11.3 Å². The number of aliphatic carboxylic acids is 1. The average molecular weight is 245 g/mol. The van der Waals surface area contributed by atoms with Gasteiger partial charge in [-0.2, -0.15) is 0 Å². The molecule has 1 aromatic heterocycles. The van der Waals surface area contributed by atoms with Crippen LogP contribution in [0.25, 0.3) is 0 Å². The molecule has 3 unspecified atom stereocenters. The van der Waals surface area contributed by atoms with Crippen molar-refractivity contribution in [3.8, 4) is 0 Å². The maximum atomic E-state index is 10.9. The zero-order chi connectivity index (χ0) is 11.0. The van der Waals surface area contributed by atoms with E-state index in [0.29, 0.717) is 5.92 Å². The molecule has 1 fully saturated rings. The summed E-state index contributed by atoms with van der Waals surface area (Å²) < 4.78 is 0.790. The van der Waals surface area contributed by atoms with Crippen LogP contribution in [-0.4, -0.2) is 11.1 Å². The summed E-state index contributed by atoms with van der Waals surface area (Å²) in [6, 6.07) is 3.92. The van der Waals surface area contributed by atoms with E-state index in [1.54, 1.807) is 18.3 Å². The van der Waals surface area contributed by atoms with Crippen LogP contribution >= 0.6 is 22.9 Å². The van der Waals surface area contributed by atoms with Gasteiger partial charge in [0.05, 0.1) is 10.3 Å². The first kappa shape index (κ1) is 11.0. The Hall–Kier alpha value is -0.540. The number of carbonyl (C=O) groups is 1. The zero-order valence-electron chi connectivity index (χ0n) is 8.44. The lowest BCUT2D eigenvalue weighted by Gasteiger charge is -2.38. The number of hydrogen-bond acceptors (Lipinski definition) is 2. The summed E-state index contributed by atoms with van der Waals surface area (Å²) in [5.74, 6) is -0.234. The van der Waals surface area contributed by atoms with Crippen molar-refractivity contribution in [3.63, 3.8) is 0 Å². The summed E-state index contributed by atoms with van der Waals surface area (Å²) in [7, 11) is 0. The molecule has 1 N–H and O–H groups in total. The second-order valence-corrected chi connectivity index (χ2v) is 5.86. The lowest BCUT2D eigenvalue weighted by molar-refractivity contribution is -0.144. The molecule has 15 heavy (non-hydrogen) atoms. The molecule has 1 heterocycles. The van der Waals surface area contributed by atoms with Crippen molar-refractivity contribution in [1.29, 1.82) is 0 Å². The third-order valence-electron chi connectivity index (χ3n) is 3.32. The van der Waals surface area contributed by atoms with Crippen LogP contribution in [0.1, 0.15) is 30.6 Å². The zero-order valence-corrected chi connectivity index (χ0v) is 10.0. The summed E-state index contributed by atoms with van der Waals surface area (Å²) in [6.45, 7) is 1.80. The normalized spacial score (nSPS) is 27.1. The molecule has 2 rings (SSSR count). The Morgan fingerprint density at radius 1 is 1.60 bits per heavy atom. The fraction of sp³-hybridized carbons (Fsp3) is 0.545. The second kappa shape index (κ2) is 4.14. The van der Waals surface area contributed by atoms with E-state index in [2.05, 4.69) is 0 Å². The Bertz CT molecular complexity index is 374. The first-order valence-electron chi connectivity index (χ1n) is 5.07. The van der Waals surface area contributed by atoms with Crippen LogP contribution in [0.4, 0.5) is 0 Å². The molecule has 0 bridgehead atoms. The van der Waals surface area contributed by atoms with Crippen molar-refractivity contribution in [1.82, 2.24) is 0 Å². The van der Waals surface area contributed by atoms with Crippen LogP contribution in [-0.2, 0) is 4.79 Å². The molecule has 4 heteroatoms. The first-order chi connectivity index (χ1) is 7.09. The van der Waals surface area contributed by atoms with Gasteiger partial charge < -0.3 is 5.11 Å². The van der Waals surface area contributed by atoms with Gasteiger partial charge in [0, 0.05) is 4.88 Å². The monoisotopic (exact) mass is 244 g/mol. The molecule has 1 saturated carbocycles. The number of thiophene rings is 1. The van der Waals surface area contributed by atoms with Crippen LogP contribution < -0.4 is 0 Å². The topological polar surface area (TPSA) is 37.3 Å². The van der Waals surface area contributed by atoms with Gasteiger partial charge in [0.1, 0.15) is 0 Å². The van der Waals surface area contributed by atoms with E-state index >= 15 is 0 Å². The van der Waals surface area contributed by atoms with Crippen LogP contribution in [0, 0.1) is 11.8 Å². The molecule has 0 aliphatic heterocycles. The molecule has 0 aromatic carbocycles. The highest BCUT2D eigenvalue weighted by Crippen LogP contribution is 2.49. The first-order valence-corrected chi connectivity index (χ1v) is 6.27. The fourth-order valence-corrected chi connectivity index (χ4v) is 3.46. The van der Waals surface area contributed by atoms with Crippen LogP contribution in [0.2, 0.25) is 4.34 Å². The number of carboxylic acid groups (broad SMARTS) is 1. The van der Waals surface area contributed by atoms with E-state index in [1.165, 1.54) is 4.88 Å². The van der Waals surface area contributed by atoms with E-state index < -0.39 is 5.97 Å². The Labute approximate surface area is 97.9 Å². The molecule has 0 saturated heterocycles. The van der Waals surface area contributed by atoms with E-state index in [-0.39, 0.29) is 11.8 Å². The SMILES string of the molecule is CC(C(=O)O)C1CCC1c1ccc(Cl)s1. The van der Waals surface area contributed by atoms with Crippen molar-refractivity contribution < 1.29 is 9.90 Å². The van der Waals surface area contributed by atoms with Gasteiger partial charge in [0.2, 0.25) is 0 Å². The number of halogens is 1. The predicted molar refractivity (Wildman–Crippen MR) is 61.6 cm³/mol. The number of rotatable bonds is 3. The van der Waals surface area contributed by atoms with Crippen LogP contribution in [0.5, 0.6) is 0 Å². The van der Waals surface area contributed by atoms with Crippen molar-refractivity contribution in [2.24, 2.45) is 11.8 Å². The van der Waals surface area contributed by atoms with Crippen LogP contribution in [0.3, 0.4) is 0 Å². The Morgan fingerprint density at radius 3 is 2.73 bits per heavy atom. The smallest absolute Gasteiger partial charge is 0.306 e. The molecule has 0 radical (unpaired) electrons. The molecule has 82 valence electrons. The molecule has 1 aromatic rings. The third-order valence-corrected chi connectivity index (χ3v) is 4.68. The van der Waals surface area contributed by atoms with Crippen molar-refractivity contribution in [2.45, 2.75) is 25.7 Å². The van der Waals surface area contributed by atoms with E-state index in [4.69, 9.17) is 16.7 Å². The largest absolute Gasteiger partial charge is 0.481 e. The lowest BCUT2D eigenvalue weighted by Crippen LogP contribution is -2.33. The summed E-state index contributed by atoms with van der Waals surface area (Å²) in [5, 5.41) is 8.96. The average Bonchev–Trinajstić information content (AvgIpc) is 2.49. The molecule has 3 atom stereocenters. The molecule has 0 spiro atoms. The minimum Gasteiger partial charge on any atom is -0.481 e. The van der Waals surface area contributed by atoms with Gasteiger partial charge in [-0.1, -0.05) is 18.5 Å². The molecule has 0 amide bonds. The number of hydrogen-bond donors (Lipinski definition) is 1. The molecule has 1 aliphatic rings. The van der Waals surface area contributed by atoms with E-state index in [0.717, 1.165) is 17.2 Å². The molecular formula is C11H13ClO2S. The van der Waals surface area contributed by atoms with E-state index in [1.807, 2.05) is 12.1 Å². The van der Waals surface area contributed by atoms with Gasteiger partial charge in [-0.05, 0) is 36.8 Å². The van der Waals surface area contributed by atoms with Crippen molar-refractivity contribution >= 4 is 28.9 Å². The predicted octanol–water partition coefficient (Wildman–Crippen LogP) is 3.62. The molecule has 1 aliphatic carbocycles. The molecular weight excluding hydrogens is 232 g/mol. The summed E-state index contributed by atoms with van der Waals surface area (Å²) in [6.07, 6.45) is 2.12. The maximum absolute atomic E-state index is 10.9. The highest BCUT2D eigenvalue weighted by atomic mass is 35.5. The minimum absolute atomic E-state index is 0.246. The Balaban J connectivity index is 2.09. The Morgan fingerprint density at radius 2 is 2.33 bits per heavy atom. The third kappa shape index (κ3) is 2.04. The van der Waals surface area contributed by atoms with Gasteiger partial charge in [0.15, 0.2) is 0 Å². The minimum atomic E-state index is -0.688. The summed E-state index contributed by atoms with van der Waals surface area (Å²) >= 11 is 7.45. The summed E-state index contributed by atoms with van der Waals surface area (Å²) in [5.41, 5.74) is 0. The lowest BCUT2D eigenvalue weighted by atomic mass is 9.67. The standard InChI is InChI=1S/C11H13ClO2S/c1-6(11(13)14)7-2-3-8(7)9-4-5-10(12)15-9/h4-8H,2-3H2,1H3,(H,13,14). The quantitative estimate of drug-likeness (QED) is 0.882. The van der Waals surface area contributed by atoms with E-state index in [9.17, 15) is 4.79 Å². The Kier molecular flexibility index (Phi) is 3.03. The van der Waals surface area contributed by atoms with Gasteiger partial charge in [0.25, 0.3) is 0 Å². The van der Waals surface area contributed by atoms with Crippen LogP contribution in [0.15, 0.2) is 12.1 Å². The molecule has 2 nitrogen and oxygen atoms in total. The highest BCUT2D eigenvalue weighted by Gasteiger charge is 2.39. The maximum Gasteiger partial charge on any atom is 0.306 e. The highest BCUT2D eigenvalue weighted by molar-refractivity contribution is 7.16.